The Balaban J connectivity index is 1.69. The molecule has 0 saturated carbocycles. The van der Waals surface area contributed by atoms with Gasteiger partial charge in [-0.05, 0) is 19.3 Å². The van der Waals surface area contributed by atoms with Gasteiger partial charge in [0, 0.05) is 31.6 Å². The van der Waals surface area contributed by atoms with Gasteiger partial charge in [0.25, 0.3) is 0 Å². The number of ether oxygens (including phenoxy) is 1. The van der Waals surface area contributed by atoms with Gasteiger partial charge in [-0.15, -0.1) is 0 Å². The summed E-state index contributed by atoms with van der Waals surface area (Å²) in [6, 6.07) is -0.0185. The largest absolute Gasteiger partial charge is 0.469 e. The molecule has 0 aliphatic carbocycles. The quantitative estimate of drug-likeness (QED) is 0.716. The van der Waals surface area contributed by atoms with Gasteiger partial charge >= 0.3 is 5.97 Å². The van der Waals surface area contributed by atoms with Crippen LogP contribution in [-0.2, 0) is 27.3 Å². The molecule has 1 amide bonds. The van der Waals surface area contributed by atoms with E-state index in [1.54, 1.807) is 0 Å². The second kappa shape index (κ2) is 8.61. The molecule has 3 rings (SSSR count). The summed E-state index contributed by atoms with van der Waals surface area (Å²) < 4.78 is 4.96. The van der Waals surface area contributed by atoms with E-state index in [-0.39, 0.29) is 29.9 Å². The average molecular weight is 397 g/mol. The lowest BCUT2D eigenvalue weighted by molar-refractivity contribution is -0.147. The molecule has 2 aliphatic rings. The number of nitrogens with one attached hydrogen (secondary N) is 1. The molecule has 8 heteroatoms. The highest BCUT2D eigenvalue weighted by atomic mass is 35.5. The number of imidazole rings is 1. The minimum absolute atomic E-state index is 0.0431. The van der Waals surface area contributed by atoms with Crippen molar-refractivity contribution in [3.8, 4) is 0 Å². The van der Waals surface area contributed by atoms with Crippen molar-refractivity contribution in [3.63, 3.8) is 0 Å². The predicted octanol–water partition coefficient (Wildman–Crippen LogP) is 2.39. The third-order valence-corrected chi connectivity index (χ3v) is 6.02. The Kier molecular flexibility index (Phi) is 6.42. The standard InChI is InChI=1S/C19H29ClN4O3/c1-4-6-7-16-21-14(18(20)22-16)10-23-9-12-8-13(19(26)27-3)15(5-2)24(12)17(25)11-23/h12-13,15H,4-11H2,1-3H3,(H,21,22)/t12-,13-,15-/m0/s1. The maximum atomic E-state index is 12.8. The van der Waals surface area contributed by atoms with Gasteiger partial charge in [-0.1, -0.05) is 31.9 Å². The molecule has 0 unspecified atom stereocenters. The lowest BCUT2D eigenvalue weighted by atomic mass is 9.97. The van der Waals surface area contributed by atoms with E-state index in [0.29, 0.717) is 24.7 Å². The summed E-state index contributed by atoms with van der Waals surface area (Å²) in [6.45, 7) is 5.79. The fourth-order valence-corrected chi connectivity index (χ4v) is 4.66. The molecule has 2 fully saturated rings. The number of H-pyrrole nitrogens is 1. The number of aryl methyl sites for hydroxylation is 1. The second-order valence-corrected chi connectivity index (χ2v) is 7.88. The van der Waals surface area contributed by atoms with E-state index >= 15 is 0 Å². The maximum absolute atomic E-state index is 12.8. The van der Waals surface area contributed by atoms with Crippen molar-refractivity contribution in [1.29, 1.82) is 0 Å². The molecule has 1 N–H and O–H groups in total. The number of aromatic amines is 1. The number of aromatic nitrogens is 2. The van der Waals surface area contributed by atoms with Gasteiger partial charge in [0.15, 0.2) is 5.15 Å². The van der Waals surface area contributed by atoms with E-state index in [1.165, 1.54) is 7.11 Å². The minimum Gasteiger partial charge on any atom is -0.469 e. The van der Waals surface area contributed by atoms with Crippen LogP contribution in [0, 0.1) is 5.92 Å². The normalized spacial score (nSPS) is 25.7. The van der Waals surface area contributed by atoms with Crippen molar-refractivity contribution in [2.24, 2.45) is 5.92 Å². The average Bonchev–Trinajstić information content (AvgIpc) is 3.19. The SMILES string of the molecule is CCCCc1nc(Cl)c(CN2CC(=O)N3[C@@H](C[C@H](C(=O)OC)[C@@H]3CC)C2)[nH]1. The molecule has 3 heterocycles. The molecule has 0 aromatic carbocycles. The number of carbonyl (C=O) groups excluding carboxylic acids is 2. The molecule has 0 bridgehead atoms. The van der Waals surface area contributed by atoms with Gasteiger partial charge in [0.2, 0.25) is 5.91 Å². The van der Waals surface area contributed by atoms with E-state index in [9.17, 15) is 9.59 Å². The van der Waals surface area contributed by atoms with E-state index in [0.717, 1.165) is 43.7 Å². The minimum atomic E-state index is -0.231. The van der Waals surface area contributed by atoms with Crippen LogP contribution in [0.15, 0.2) is 0 Å². The van der Waals surface area contributed by atoms with E-state index in [4.69, 9.17) is 16.3 Å². The van der Waals surface area contributed by atoms with Crippen molar-refractivity contribution >= 4 is 23.5 Å². The highest BCUT2D eigenvalue weighted by Crippen LogP contribution is 2.36. The zero-order chi connectivity index (χ0) is 19.6. The predicted molar refractivity (Wildman–Crippen MR) is 102 cm³/mol. The lowest BCUT2D eigenvalue weighted by Crippen LogP contribution is -2.56. The Labute approximate surface area is 165 Å². The van der Waals surface area contributed by atoms with Crippen LogP contribution < -0.4 is 0 Å². The summed E-state index contributed by atoms with van der Waals surface area (Å²) in [5.74, 6) is 0.531. The zero-order valence-electron chi connectivity index (χ0n) is 16.3. The molecule has 150 valence electrons. The summed E-state index contributed by atoms with van der Waals surface area (Å²) in [4.78, 5) is 36.7. The van der Waals surface area contributed by atoms with Crippen LogP contribution in [0.3, 0.4) is 0 Å². The Morgan fingerprint density at radius 3 is 2.85 bits per heavy atom. The Hall–Kier alpha value is -1.60. The van der Waals surface area contributed by atoms with Crippen LogP contribution in [-0.4, -0.2) is 63.9 Å². The number of fused-ring (bicyclic) bond motifs is 1. The highest BCUT2D eigenvalue weighted by molar-refractivity contribution is 6.30. The molecule has 2 aliphatic heterocycles. The highest BCUT2D eigenvalue weighted by Gasteiger charge is 2.49. The van der Waals surface area contributed by atoms with Crippen molar-refractivity contribution in [2.75, 3.05) is 20.2 Å². The number of halogens is 1. The molecule has 0 radical (unpaired) electrons. The first-order valence-corrected chi connectivity index (χ1v) is 10.2. The molecule has 1 aromatic heterocycles. The Bertz CT molecular complexity index is 692. The zero-order valence-corrected chi connectivity index (χ0v) is 17.1. The summed E-state index contributed by atoms with van der Waals surface area (Å²) in [5, 5.41) is 0.487. The van der Waals surface area contributed by atoms with E-state index in [2.05, 4.69) is 21.8 Å². The van der Waals surface area contributed by atoms with Crippen LogP contribution in [0.4, 0.5) is 0 Å². The number of esters is 1. The first-order valence-electron chi connectivity index (χ1n) is 9.83. The van der Waals surface area contributed by atoms with Crippen LogP contribution >= 0.6 is 11.6 Å². The monoisotopic (exact) mass is 396 g/mol. The number of amides is 1. The fourth-order valence-electron chi connectivity index (χ4n) is 4.45. The van der Waals surface area contributed by atoms with Crippen LogP contribution in [0.1, 0.15) is 51.0 Å². The molecule has 2 saturated heterocycles. The molecule has 0 spiro atoms. The fraction of sp³-hybridized carbons (Fsp3) is 0.737. The number of piperazine rings is 1. The summed E-state index contributed by atoms with van der Waals surface area (Å²) in [7, 11) is 1.41. The van der Waals surface area contributed by atoms with Gasteiger partial charge in [-0.3, -0.25) is 14.5 Å². The van der Waals surface area contributed by atoms with Crippen molar-refractivity contribution in [3.05, 3.63) is 16.7 Å². The molecule has 7 nitrogen and oxygen atoms in total. The van der Waals surface area contributed by atoms with Crippen LogP contribution in [0.25, 0.3) is 0 Å². The summed E-state index contributed by atoms with van der Waals surface area (Å²) in [6.07, 6.45) is 4.47. The van der Waals surface area contributed by atoms with Crippen LogP contribution in [0.5, 0.6) is 0 Å². The van der Waals surface area contributed by atoms with Crippen molar-refractivity contribution in [1.82, 2.24) is 19.8 Å². The van der Waals surface area contributed by atoms with Gasteiger partial charge in [-0.25, -0.2) is 4.98 Å². The second-order valence-electron chi connectivity index (χ2n) is 7.52. The number of nitrogens with zero attached hydrogens (tertiary/aromatic N) is 3. The molecular formula is C19H29ClN4O3. The molecule has 1 aromatic rings. The Morgan fingerprint density at radius 1 is 1.41 bits per heavy atom. The van der Waals surface area contributed by atoms with Crippen molar-refractivity contribution in [2.45, 2.75) is 64.6 Å². The van der Waals surface area contributed by atoms with Gasteiger partial charge in [-0.2, -0.15) is 0 Å². The number of methoxy groups -OCH3 is 1. The van der Waals surface area contributed by atoms with E-state index < -0.39 is 0 Å². The summed E-state index contributed by atoms with van der Waals surface area (Å²) >= 11 is 6.29. The molecule has 3 atom stereocenters. The summed E-state index contributed by atoms with van der Waals surface area (Å²) in [5.41, 5.74) is 0.860. The Morgan fingerprint density at radius 2 is 2.19 bits per heavy atom. The lowest BCUT2D eigenvalue weighted by Gasteiger charge is -2.39. The number of carbonyl (C=O) groups is 2. The first kappa shape index (κ1) is 20.1. The van der Waals surface area contributed by atoms with Crippen molar-refractivity contribution < 1.29 is 14.3 Å². The number of hydrogen-bond acceptors (Lipinski definition) is 5. The number of rotatable bonds is 7. The van der Waals surface area contributed by atoms with E-state index in [1.807, 2.05) is 11.8 Å². The van der Waals surface area contributed by atoms with Gasteiger partial charge in [0.05, 0.1) is 25.3 Å². The number of unbranched alkanes of at least 4 members (excludes halogenated alkanes) is 1. The number of hydrogen-bond donors (Lipinski definition) is 1. The van der Waals surface area contributed by atoms with Gasteiger partial charge < -0.3 is 14.6 Å². The molecular weight excluding hydrogens is 368 g/mol. The third kappa shape index (κ3) is 4.14. The first-order chi connectivity index (χ1) is 13.0. The molecule has 27 heavy (non-hydrogen) atoms. The maximum Gasteiger partial charge on any atom is 0.310 e. The topological polar surface area (TPSA) is 78.5 Å². The van der Waals surface area contributed by atoms with Gasteiger partial charge in [0.1, 0.15) is 5.82 Å². The van der Waals surface area contributed by atoms with Crippen LogP contribution in [0.2, 0.25) is 5.15 Å². The smallest absolute Gasteiger partial charge is 0.310 e. The third-order valence-electron chi connectivity index (χ3n) is 5.71.